The van der Waals surface area contributed by atoms with Gasteiger partial charge in [-0.2, -0.15) is 0 Å². The van der Waals surface area contributed by atoms with Gasteiger partial charge < -0.3 is 18.9 Å². The van der Waals surface area contributed by atoms with E-state index in [0.29, 0.717) is 0 Å². The number of ether oxygens (including phenoxy) is 1. The van der Waals surface area contributed by atoms with Crippen molar-refractivity contribution >= 4 is 41.8 Å². The van der Waals surface area contributed by atoms with Crippen LogP contribution in [0.5, 0.6) is 0 Å². The number of carbonyl (C=O) groups is 2. The van der Waals surface area contributed by atoms with Crippen molar-refractivity contribution in [3.8, 4) is 0 Å². The van der Waals surface area contributed by atoms with Crippen LogP contribution in [0.2, 0.25) is 0 Å². The van der Waals surface area contributed by atoms with E-state index in [4.69, 9.17) is 41.7 Å². The highest BCUT2D eigenvalue weighted by molar-refractivity contribution is 8.07. The topological polar surface area (TPSA) is 94.5 Å². The number of ketones is 1. The molecule has 1 unspecified atom stereocenters. The Labute approximate surface area is 163 Å². The van der Waals surface area contributed by atoms with E-state index in [2.05, 4.69) is 0 Å². The van der Waals surface area contributed by atoms with Crippen LogP contribution >= 0.6 is 18.3 Å². The van der Waals surface area contributed by atoms with Gasteiger partial charge in [0.2, 0.25) is 5.91 Å². The van der Waals surface area contributed by atoms with Crippen LogP contribution in [0.4, 0.5) is 8.78 Å². The number of allylic oxidation sites excluding steroid dienone is 1. The highest BCUT2D eigenvalue weighted by atomic mass is 35.5. The fourth-order valence-electron chi connectivity index (χ4n) is 2.99. The molecule has 1 amide bonds. The van der Waals surface area contributed by atoms with Gasteiger partial charge in [-0.25, -0.2) is 8.78 Å². The van der Waals surface area contributed by atoms with Gasteiger partial charge in [-0.3, -0.25) is 19.0 Å². The molecule has 0 bridgehead atoms. The average Bonchev–Trinajstić information content (AvgIpc) is 2.84. The normalized spacial score (nSPS) is 39.9. The monoisotopic (exact) mass is 447 g/mol. The van der Waals surface area contributed by atoms with Crippen LogP contribution < -0.4 is 0 Å². The number of hydrogen-bond acceptors (Lipinski definition) is 8. The van der Waals surface area contributed by atoms with E-state index < -0.39 is 68.0 Å². The molecule has 0 aromatic heterocycles. The average molecular weight is 448 g/mol. The van der Waals surface area contributed by atoms with Gasteiger partial charge in [-0.15, -0.1) is 0 Å². The Kier molecular flexibility index (Phi) is 5.80. The van der Waals surface area contributed by atoms with Gasteiger partial charge in [0, 0.05) is 6.20 Å². The lowest BCUT2D eigenvalue weighted by Gasteiger charge is -2.41. The van der Waals surface area contributed by atoms with Crippen molar-refractivity contribution in [2.45, 2.75) is 56.8 Å². The van der Waals surface area contributed by atoms with Crippen molar-refractivity contribution in [3.63, 3.8) is 0 Å². The summed E-state index contributed by atoms with van der Waals surface area (Å²) in [4.78, 5) is 24.5. The molecule has 3 aliphatic rings. The third kappa shape index (κ3) is 3.72. The number of amides is 1. The molecule has 3 heterocycles. The number of nitrogens with zero attached hydrogens (tertiary/aromatic N) is 1. The summed E-state index contributed by atoms with van der Waals surface area (Å²) in [7, 11) is 0. The number of halogens is 3. The predicted molar refractivity (Wildman–Crippen MR) is 91.4 cm³/mol. The molecule has 0 saturated carbocycles. The minimum atomic E-state index is -3.40. The second kappa shape index (κ2) is 7.38. The second-order valence-corrected chi connectivity index (χ2v) is 9.86. The maximum Gasteiger partial charge on any atom is 0.328 e. The molecule has 8 nitrogen and oxygen atoms in total. The molecule has 27 heavy (non-hydrogen) atoms. The molecular weight excluding hydrogens is 431 g/mol. The summed E-state index contributed by atoms with van der Waals surface area (Å²) in [5, 5.41) is 10.3. The molecule has 3 rings (SSSR count). The van der Waals surface area contributed by atoms with Crippen LogP contribution in [0.25, 0.3) is 0 Å². The van der Waals surface area contributed by atoms with Gasteiger partial charge in [0.15, 0.2) is 17.6 Å². The molecule has 0 radical (unpaired) electrons. The molecule has 0 aromatic rings. The summed E-state index contributed by atoms with van der Waals surface area (Å²) in [5.41, 5.74) is -2.35. The Morgan fingerprint density at radius 3 is 2.74 bits per heavy atom. The number of aliphatic hydroxyl groups is 1. The summed E-state index contributed by atoms with van der Waals surface area (Å²) in [6, 6.07) is 0. The van der Waals surface area contributed by atoms with E-state index in [1.807, 2.05) is 0 Å². The lowest BCUT2D eigenvalue weighted by molar-refractivity contribution is -0.209. The van der Waals surface area contributed by atoms with Crippen molar-refractivity contribution in [1.29, 1.82) is 0 Å². The number of alkyl halides is 2. The third-order valence-electron chi connectivity index (χ3n) is 4.22. The van der Waals surface area contributed by atoms with E-state index in [1.165, 1.54) is 0 Å². The van der Waals surface area contributed by atoms with E-state index in [-0.39, 0.29) is 5.03 Å². The SMILES string of the molecule is CC(C)OP1(=S)OC[C@@]2(C(F)F)O[C@@H](N3C=C(Cl)C(=O)CC3=O)[C@H](O)[C@H]2O1. The lowest BCUT2D eigenvalue weighted by Crippen LogP contribution is -2.56. The highest BCUT2D eigenvalue weighted by Crippen LogP contribution is 2.60. The van der Waals surface area contributed by atoms with Crippen LogP contribution in [0.1, 0.15) is 20.3 Å². The standard InChI is InChI=1S/C14H17ClF2NO7PS/c1-6(2)24-26(27)22-5-14(13(16)17)11(25-26)10(21)12(23-14)18-4-7(15)8(19)3-9(18)20/h4,6,10-13,21H,3,5H2,1-2H3/t10-,11-,12-,14-,26?/m1/s1. The van der Waals surface area contributed by atoms with Gasteiger partial charge >= 0.3 is 6.72 Å². The molecule has 5 atom stereocenters. The van der Waals surface area contributed by atoms with Crippen molar-refractivity contribution in [2.24, 2.45) is 0 Å². The number of Topliss-reactive ketones (excluding diaryl/α,β-unsaturated/α-hetero) is 1. The number of aliphatic hydroxyl groups excluding tert-OH is 1. The molecule has 1 N–H and O–H groups in total. The quantitative estimate of drug-likeness (QED) is 0.513. The smallest absolute Gasteiger partial charge is 0.328 e. The van der Waals surface area contributed by atoms with Crippen LogP contribution in [0.15, 0.2) is 11.2 Å². The van der Waals surface area contributed by atoms with Gasteiger partial charge in [0.05, 0.1) is 19.1 Å². The number of carbonyl (C=O) groups excluding carboxylic acids is 2. The minimum absolute atomic E-state index is 0.281. The summed E-state index contributed by atoms with van der Waals surface area (Å²) >= 11 is 10.9. The second-order valence-electron chi connectivity index (χ2n) is 6.53. The first kappa shape index (κ1) is 21.2. The van der Waals surface area contributed by atoms with Gasteiger partial charge in [0.1, 0.15) is 17.2 Å². The molecular formula is C14H17ClF2NO7PS. The van der Waals surface area contributed by atoms with E-state index in [9.17, 15) is 23.5 Å². The maximum absolute atomic E-state index is 13.9. The minimum Gasteiger partial charge on any atom is -0.386 e. The van der Waals surface area contributed by atoms with Crippen LogP contribution in [-0.2, 0) is 39.7 Å². The number of fused-ring (bicyclic) bond motifs is 1. The van der Waals surface area contributed by atoms with E-state index >= 15 is 0 Å². The Morgan fingerprint density at radius 2 is 2.15 bits per heavy atom. The number of rotatable bonds is 4. The lowest BCUT2D eigenvalue weighted by atomic mass is 9.96. The molecule has 3 aliphatic heterocycles. The van der Waals surface area contributed by atoms with Crippen LogP contribution in [0, 0.1) is 0 Å². The van der Waals surface area contributed by atoms with Crippen molar-refractivity contribution < 1.29 is 41.8 Å². The molecule has 152 valence electrons. The zero-order chi connectivity index (χ0) is 20.1. The summed E-state index contributed by atoms with van der Waals surface area (Å²) in [6.45, 7) is -0.765. The molecule has 2 fully saturated rings. The fraction of sp³-hybridized carbons (Fsp3) is 0.714. The Balaban J connectivity index is 1.93. The van der Waals surface area contributed by atoms with Gasteiger partial charge in [-0.1, -0.05) is 11.6 Å². The highest BCUT2D eigenvalue weighted by Gasteiger charge is 2.67. The molecule has 0 spiro atoms. The first-order chi connectivity index (χ1) is 12.5. The Bertz CT molecular complexity index is 738. The van der Waals surface area contributed by atoms with Crippen molar-refractivity contribution in [1.82, 2.24) is 4.90 Å². The predicted octanol–water partition coefficient (Wildman–Crippen LogP) is 1.65. The summed E-state index contributed by atoms with van der Waals surface area (Å²) < 4.78 is 49.3. The fourth-order valence-corrected chi connectivity index (χ4v) is 5.74. The third-order valence-corrected chi connectivity index (χ3v) is 6.97. The van der Waals surface area contributed by atoms with Gasteiger partial charge in [-0.05, 0) is 25.7 Å². The zero-order valence-electron chi connectivity index (χ0n) is 14.2. The van der Waals surface area contributed by atoms with E-state index in [1.54, 1.807) is 13.8 Å². The van der Waals surface area contributed by atoms with Gasteiger partial charge in [0.25, 0.3) is 6.43 Å². The molecule has 0 aliphatic carbocycles. The van der Waals surface area contributed by atoms with Crippen LogP contribution in [0.3, 0.4) is 0 Å². The number of hydrogen-bond donors (Lipinski definition) is 1. The molecule has 2 saturated heterocycles. The Morgan fingerprint density at radius 1 is 1.48 bits per heavy atom. The first-order valence-electron chi connectivity index (χ1n) is 7.96. The molecule has 0 aromatic carbocycles. The summed E-state index contributed by atoms with van der Waals surface area (Å²) in [6.07, 6.45) is -7.99. The Hall–Kier alpha value is -0.520. The maximum atomic E-state index is 13.9. The largest absolute Gasteiger partial charge is 0.386 e. The van der Waals surface area contributed by atoms with Crippen molar-refractivity contribution in [3.05, 3.63) is 11.2 Å². The first-order valence-corrected chi connectivity index (χ1v) is 10.9. The zero-order valence-corrected chi connectivity index (χ0v) is 16.7. The molecule has 13 heteroatoms. The van der Waals surface area contributed by atoms with Crippen LogP contribution in [-0.4, -0.2) is 64.9 Å². The van der Waals surface area contributed by atoms with E-state index in [0.717, 1.165) is 11.1 Å². The summed E-state index contributed by atoms with van der Waals surface area (Å²) in [5.74, 6) is -1.37. The van der Waals surface area contributed by atoms with Crippen molar-refractivity contribution in [2.75, 3.05) is 6.61 Å².